The molecule has 0 aliphatic carbocycles. The van der Waals surface area contributed by atoms with E-state index < -0.39 is 5.82 Å². The number of halogens is 2. The van der Waals surface area contributed by atoms with Crippen molar-refractivity contribution >= 4 is 17.5 Å². The molecule has 3 rings (SSSR count). The van der Waals surface area contributed by atoms with Crippen LogP contribution in [0.3, 0.4) is 0 Å². The van der Waals surface area contributed by atoms with Gasteiger partial charge in [0, 0.05) is 45.0 Å². The van der Waals surface area contributed by atoms with E-state index in [4.69, 9.17) is 16.3 Å². The third-order valence-corrected chi connectivity index (χ3v) is 4.57. The van der Waals surface area contributed by atoms with Crippen LogP contribution in [0.15, 0.2) is 36.5 Å². The van der Waals surface area contributed by atoms with E-state index in [1.165, 1.54) is 18.2 Å². The Morgan fingerprint density at radius 1 is 1.28 bits per heavy atom. The van der Waals surface area contributed by atoms with E-state index in [1.54, 1.807) is 18.2 Å². The molecular formula is C18H19ClFN3O2. The maximum Gasteiger partial charge on any atom is 0.258 e. The fraction of sp³-hybridized carbons (Fsp3) is 0.333. The molecule has 1 aliphatic rings. The Morgan fingerprint density at radius 2 is 2.04 bits per heavy atom. The van der Waals surface area contributed by atoms with Gasteiger partial charge in [-0.25, -0.2) is 9.37 Å². The summed E-state index contributed by atoms with van der Waals surface area (Å²) in [5.41, 5.74) is 1.06. The zero-order valence-electron chi connectivity index (χ0n) is 13.9. The van der Waals surface area contributed by atoms with Crippen molar-refractivity contribution in [2.45, 2.75) is 6.54 Å². The second kappa shape index (κ2) is 7.80. The lowest BCUT2D eigenvalue weighted by Crippen LogP contribution is -2.48. The molecule has 5 nitrogen and oxygen atoms in total. The van der Waals surface area contributed by atoms with E-state index in [1.807, 2.05) is 12.1 Å². The van der Waals surface area contributed by atoms with E-state index in [0.29, 0.717) is 32.1 Å². The number of rotatable bonds is 4. The SMILES string of the molecule is COc1cc(CN2CCN(C(=O)c3c(F)cccc3Cl)CC2)ccn1. The molecule has 0 radical (unpaired) electrons. The molecule has 0 unspecified atom stereocenters. The summed E-state index contributed by atoms with van der Waals surface area (Å²) < 4.78 is 19.1. The van der Waals surface area contributed by atoms with Gasteiger partial charge in [-0.1, -0.05) is 17.7 Å². The number of ether oxygens (including phenoxy) is 1. The van der Waals surface area contributed by atoms with Gasteiger partial charge >= 0.3 is 0 Å². The summed E-state index contributed by atoms with van der Waals surface area (Å²) >= 11 is 5.99. The number of hydrogen-bond donors (Lipinski definition) is 0. The van der Waals surface area contributed by atoms with Crippen molar-refractivity contribution in [2.24, 2.45) is 0 Å². The molecule has 0 saturated carbocycles. The monoisotopic (exact) mass is 363 g/mol. The van der Waals surface area contributed by atoms with Gasteiger partial charge in [0.25, 0.3) is 5.91 Å². The van der Waals surface area contributed by atoms with E-state index in [-0.39, 0.29) is 16.5 Å². The molecular weight excluding hydrogens is 345 g/mol. The molecule has 25 heavy (non-hydrogen) atoms. The summed E-state index contributed by atoms with van der Waals surface area (Å²) in [5.74, 6) is -0.349. The molecule has 0 N–H and O–H groups in total. The highest BCUT2D eigenvalue weighted by Crippen LogP contribution is 2.22. The minimum atomic E-state index is -0.580. The average Bonchev–Trinajstić information content (AvgIpc) is 2.62. The standard InChI is InChI=1S/C18H19ClFN3O2/c1-25-16-11-13(5-6-21-16)12-22-7-9-23(10-8-22)18(24)17-14(19)3-2-4-15(17)20/h2-6,11H,7-10,12H2,1H3. The minimum Gasteiger partial charge on any atom is -0.481 e. The molecule has 0 bridgehead atoms. The van der Waals surface area contributed by atoms with Crippen molar-refractivity contribution in [3.05, 3.63) is 58.5 Å². The number of nitrogens with zero attached hydrogens (tertiary/aromatic N) is 3. The van der Waals surface area contributed by atoms with Crippen LogP contribution in [0.5, 0.6) is 5.88 Å². The Kier molecular flexibility index (Phi) is 5.50. The van der Waals surface area contributed by atoms with Gasteiger partial charge in [0.1, 0.15) is 5.82 Å². The van der Waals surface area contributed by atoms with Gasteiger partial charge in [-0.2, -0.15) is 0 Å². The molecule has 0 spiro atoms. The molecule has 1 aliphatic heterocycles. The number of benzene rings is 1. The summed E-state index contributed by atoms with van der Waals surface area (Å²) in [6, 6.07) is 8.13. The zero-order chi connectivity index (χ0) is 17.8. The van der Waals surface area contributed by atoms with Crippen LogP contribution >= 0.6 is 11.6 Å². The van der Waals surface area contributed by atoms with Crippen molar-refractivity contribution in [1.29, 1.82) is 0 Å². The minimum absolute atomic E-state index is 0.0449. The fourth-order valence-electron chi connectivity index (χ4n) is 2.89. The maximum absolute atomic E-state index is 13.9. The van der Waals surface area contributed by atoms with Gasteiger partial charge in [-0.05, 0) is 23.8 Å². The Morgan fingerprint density at radius 3 is 2.72 bits per heavy atom. The molecule has 1 aromatic heterocycles. The number of carbonyl (C=O) groups excluding carboxylic acids is 1. The summed E-state index contributed by atoms with van der Waals surface area (Å²) in [7, 11) is 1.59. The molecule has 1 amide bonds. The first-order valence-corrected chi connectivity index (χ1v) is 8.41. The molecule has 7 heteroatoms. The summed E-state index contributed by atoms with van der Waals surface area (Å²) in [5, 5.41) is 0.149. The first-order valence-electron chi connectivity index (χ1n) is 8.03. The van der Waals surface area contributed by atoms with Crippen molar-refractivity contribution in [1.82, 2.24) is 14.8 Å². The highest BCUT2D eigenvalue weighted by atomic mass is 35.5. The van der Waals surface area contributed by atoms with Gasteiger partial charge in [-0.15, -0.1) is 0 Å². The lowest BCUT2D eigenvalue weighted by atomic mass is 10.1. The predicted octanol–water partition coefficient (Wildman–Crippen LogP) is 2.84. The van der Waals surface area contributed by atoms with Crippen LogP contribution in [-0.4, -0.2) is 54.0 Å². The second-order valence-electron chi connectivity index (χ2n) is 5.87. The van der Waals surface area contributed by atoms with Gasteiger partial charge in [0.2, 0.25) is 5.88 Å². The van der Waals surface area contributed by atoms with Crippen molar-refractivity contribution < 1.29 is 13.9 Å². The third kappa shape index (κ3) is 4.08. The van der Waals surface area contributed by atoms with Gasteiger partial charge < -0.3 is 9.64 Å². The molecule has 0 atom stereocenters. The Bertz CT molecular complexity index is 743. The summed E-state index contributed by atoms with van der Waals surface area (Å²) in [6.45, 7) is 3.24. The van der Waals surface area contributed by atoms with E-state index in [2.05, 4.69) is 9.88 Å². The van der Waals surface area contributed by atoms with Crippen molar-refractivity contribution in [3.63, 3.8) is 0 Å². The van der Waals surface area contributed by atoms with Crippen LogP contribution in [0.25, 0.3) is 0 Å². The van der Waals surface area contributed by atoms with Gasteiger partial charge in [-0.3, -0.25) is 9.69 Å². The first-order chi connectivity index (χ1) is 12.1. The highest BCUT2D eigenvalue weighted by Gasteiger charge is 2.25. The normalized spacial score (nSPS) is 15.2. The van der Waals surface area contributed by atoms with Crippen LogP contribution in [0.2, 0.25) is 5.02 Å². The van der Waals surface area contributed by atoms with E-state index >= 15 is 0 Å². The number of aromatic nitrogens is 1. The lowest BCUT2D eigenvalue weighted by Gasteiger charge is -2.35. The van der Waals surface area contributed by atoms with Crippen molar-refractivity contribution in [2.75, 3.05) is 33.3 Å². The van der Waals surface area contributed by atoms with E-state index in [9.17, 15) is 9.18 Å². The van der Waals surface area contributed by atoms with Crippen LogP contribution in [0.4, 0.5) is 4.39 Å². The Hall–Kier alpha value is -2.18. The molecule has 1 saturated heterocycles. The Balaban J connectivity index is 1.61. The molecule has 1 aromatic carbocycles. The summed E-state index contributed by atoms with van der Waals surface area (Å²) in [6.07, 6.45) is 1.72. The van der Waals surface area contributed by atoms with Gasteiger partial charge in [0.15, 0.2) is 0 Å². The first kappa shape index (κ1) is 17.6. The fourth-order valence-corrected chi connectivity index (χ4v) is 3.13. The van der Waals surface area contributed by atoms with Crippen molar-refractivity contribution in [3.8, 4) is 5.88 Å². The quantitative estimate of drug-likeness (QED) is 0.838. The smallest absolute Gasteiger partial charge is 0.258 e. The average molecular weight is 364 g/mol. The number of carbonyl (C=O) groups is 1. The zero-order valence-corrected chi connectivity index (χ0v) is 14.7. The van der Waals surface area contributed by atoms with Crippen LogP contribution < -0.4 is 4.74 Å². The molecule has 2 aromatic rings. The van der Waals surface area contributed by atoms with Crippen LogP contribution in [0.1, 0.15) is 15.9 Å². The number of pyridine rings is 1. The number of methoxy groups -OCH3 is 1. The molecule has 1 fully saturated rings. The third-order valence-electron chi connectivity index (χ3n) is 4.25. The maximum atomic E-state index is 13.9. The molecule has 2 heterocycles. The topological polar surface area (TPSA) is 45.7 Å². The van der Waals surface area contributed by atoms with E-state index in [0.717, 1.165) is 12.1 Å². The predicted molar refractivity (Wildman–Crippen MR) is 93.4 cm³/mol. The largest absolute Gasteiger partial charge is 0.481 e. The van der Waals surface area contributed by atoms with Crippen LogP contribution in [0, 0.1) is 5.82 Å². The van der Waals surface area contributed by atoms with Crippen LogP contribution in [-0.2, 0) is 6.54 Å². The highest BCUT2D eigenvalue weighted by molar-refractivity contribution is 6.33. The molecule has 132 valence electrons. The Labute approximate surface area is 151 Å². The number of piperazine rings is 1. The number of hydrogen-bond acceptors (Lipinski definition) is 4. The van der Waals surface area contributed by atoms with Gasteiger partial charge in [0.05, 0.1) is 17.7 Å². The second-order valence-corrected chi connectivity index (χ2v) is 6.28. The summed E-state index contributed by atoms with van der Waals surface area (Å²) in [4.78, 5) is 20.5. The lowest BCUT2D eigenvalue weighted by molar-refractivity contribution is 0.0624. The number of amides is 1.